The molecule has 0 aromatic carbocycles. The second kappa shape index (κ2) is 6.62. The van der Waals surface area contributed by atoms with Crippen molar-refractivity contribution in [1.82, 2.24) is 10.2 Å². The first kappa shape index (κ1) is 10.9. The van der Waals surface area contributed by atoms with Gasteiger partial charge in [0.05, 0.1) is 0 Å². The zero-order valence-electron chi connectivity index (χ0n) is 8.35. The molecular formula is C9H22N2. The van der Waals surface area contributed by atoms with E-state index in [2.05, 4.69) is 38.0 Å². The van der Waals surface area contributed by atoms with Crippen LogP contribution in [-0.2, 0) is 0 Å². The van der Waals surface area contributed by atoms with Crippen molar-refractivity contribution >= 4 is 0 Å². The van der Waals surface area contributed by atoms with Crippen LogP contribution in [0.5, 0.6) is 0 Å². The van der Waals surface area contributed by atoms with E-state index in [1.54, 1.807) is 0 Å². The lowest BCUT2D eigenvalue weighted by atomic mass is 10.3. The Bertz CT molecular complexity index is 81.6. The SMILES string of the molecule is CCNCCCN(C)C(C)C. The Morgan fingerprint density at radius 1 is 1.36 bits per heavy atom. The molecule has 0 atom stereocenters. The Morgan fingerprint density at radius 3 is 2.45 bits per heavy atom. The fourth-order valence-corrected chi connectivity index (χ4v) is 0.888. The van der Waals surface area contributed by atoms with E-state index in [1.165, 1.54) is 13.0 Å². The minimum absolute atomic E-state index is 0.677. The van der Waals surface area contributed by atoms with Crippen LogP contribution in [0.1, 0.15) is 27.2 Å². The molecule has 11 heavy (non-hydrogen) atoms. The van der Waals surface area contributed by atoms with Gasteiger partial charge in [-0.25, -0.2) is 0 Å². The van der Waals surface area contributed by atoms with Crippen molar-refractivity contribution in [3.05, 3.63) is 0 Å². The zero-order chi connectivity index (χ0) is 8.69. The molecule has 0 aromatic heterocycles. The van der Waals surface area contributed by atoms with Gasteiger partial charge in [0.2, 0.25) is 0 Å². The molecule has 68 valence electrons. The lowest BCUT2D eigenvalue weighted by molar-refractivity contribution is 0.269. The first-order valence-electron chi connectivity index (χ1n) is 4.59. The summed E-state index contributed by atoms with van der Waals surface area (Å²) in [4.78, 5) is 2.37. The van der Waals surface area contributed by atoms with E-state index >= 15 is 0 Å². The van der Waals surface area contributed by atoms with Gasteiger partial charge in [-0.15, -0.1) is 0 Å². The summed E-state index contributed by atoms with van der Waals surface area (Å²) in [6.07, 6.45) is 1.25. The summed E-state index contributed by atoms with van der Waals surface area (Å²) < 4.78 is 0. The Morgan fingerprint density at radius 2 is 2.00 bits per heavy atom. The number of nitrogens with one attached hydrogen (secondary N) is 1. The van der Waals surface area contributed by atoms with Crippen molar-refractivity contribution in [1.29, 1.82) is 0 Å². The summed E-state index contributed by atoms with van der Waals surface area (Å²) in [7, 11) is 2.18. The van der Waals surface area contributed by atoms with Gasteiger partial charge in [0.25, 0.3) is 0 Å². The lowest BCUT2D eigenvalue weighted by Gasteiger charge is -2.20. The average Bonchev–Trinajstić information content (AvgIpc) is 1.97. The van der Waals surface area contributed by atoms with Crippen LogP contribution in [0.25, 0.3) is 0 Å². The number of rotatable bonds is 6. The molecular weight excluding hydrogens is 136 g/mol. The standard InChI is InChI=1S/C9H22N2/c1-5-10-7-6-8-11(4)9(2)3/h9-10H,5-8H2,1-4H3. The van der Waals surface area contributed by atoms with E-state index < -0.39 is 0 Å². The van der Waals surface area contributed by atoms with Crippen molar-refractivity contribution in [2.24, 2.45) is 0 Å². The summed E-state index contributed by atoms with van der Waals surface area (Å²) in [5.74, 6) is 0. The monoisotopic (exact) mass is 158 g/mol. The molecule has 0 aliphatic rings. The molecule has 0 aliphatic heterocycles. The van der Waals surface area contributed by atoms with Gasteiger partial charge in [-0.3, -0.25) is 0 Å². The van der Waals surface area contributed by atoms with Crippen LogP contribution in [0, 0.1) is 0 Å². The highest BCUT2D eigenvalue weighted by Gasteiger charge is 2.00. The number of nitrogens with zero attached hydrogens (tertiary/aromatic N) is 1. The van der Waals surface area contributed by atoms with E-state index in [9.17, 15) is 0 Å². The molecule has 0 aliphatic carbocycles. The molecule has 0 heterocycles. The average molecular weight is 158 g/mol. The molecule has 0 fully saturated rings. The van der Waals surface area contributed by atoms with Crippen LogP contribution in [0.3, 0.4) is 0 Å². The molecule has 0 amide bonds. The van der Waals surface area contributed by atoms with Gasteiger partial charge < -0.3 is 10.2 Å². The minimum Gasteiger partial charge on any atom is -0.317 e. The molecule has 0 saturated heterocycles. The Balaban J connectivity index is 3.10. The lowest BCUT2D eigenvalue weighted by Crippen LogP contribution is -2.29. The van der Waals surface area contributed by atoms with Crippen molar-refractivity contribution in [2.45, 2.75) is 33.2 Å². The summed E-state index contributed by atoms with van der Waals surface area (Å²) in [5.41, 5.74) is 0. The molecule has 0 aromatic rings. The maximum Gasteiger partial charge on any atom is 0.00355 e. The third-order valence-electron chi connectivity index (χ3n) is 2.00. The third-order valence-corrected chi connectivity index (χ3v) is 2.00. The van der Waals surface area contributed by atoms with Crippen molar-refractivity contribution < 1.29 is 0 Å². The van der Waals surface area contributed by atoms with Crippen molar-refractivity contribution in [2.75, 3.05) is 26.7 Å². The summed E-state index contributed by atoms with van der Waals surface area (Å²) in [6.45, 7) is 10.0. The van der Waals surface area contributed by atoms with Gasteiger partial charge in [0.1, 0.15) is 0 Å². The Kier molecular flexibility index (Phi) is 6.57. The topological polar surface area (TPSA) is 15.3 Å². The number of hydrogen-bond acceptors (Lipinski definition) is 2. The Hall–Kier alpha value is -0.0800. The summed E-state index contributed by atoms with van der Waals surface area (Å²) in [5, 5.41) is 3.32. The van der Waals surface area contributed by atoms with Gasteiger partial charge >= 0.3 is 0 Å². The summed E-state index contributed by atoms with van der Waals surface area (Å²) >= 11 is 0. The molecule has 0 unspecified atom stereocenters. The zero-order valence-corrected chi connectivity index (χ0v) is 8.35. The maximum atomic E-state index is 3.32. The predicted octanol–water partition coefficient (Wildman–Crippen LogP) is 1.33. The minimum atomic E-state index is 0.677. The van der Waals surface area contributed by atoms with Crippen LogP contribution in [0.15, 0.2) is 0 Å². The van der Waals surface area contributed by atoms with Gasteiger partial charge in [-0.1, -0.05) is 6.92 Å². The van der Waals surface area contributed by atoms with Crippen LogP contribution in [-0.4, -0.2) is 37.6 Å². The van der Waals surface area contributed by atoms with Gasteiger partial charge in [-0.2, -0.15) is 0 Å². The van der Waals surface area contributed by atoms with E-state index in [-0.39, 0.29) is 0 Å². The second-order valence-electron chi connectivity index (χ2n) is 3.28. The van der Waals surface area contributed by atoms with Crippen molar-refractivity contribution in [3.63, 3.8) is 0 Å². The van der Waals surface area contributed by atoms with Crippen LogP contribution in [0.4, 0.5) is 0 Å². The van der Waals surface area contributed by atoms with E-state index in [0.29, 0.717) is 6.04 Å². The van der Waals surface area contributed by atoms with E-state index in [1.807, 2.05) is 0 Å². The molecule has 2 heteroatoms. The predicted molar refractivity (Wildman–Crippen MR) is 50.9 cm³/mol. The van der Waals surface area contributed by atoms with Crippen LogP contribution < -0.4 is 5.32 Å². The second-order valence-corrected chi connectivity index (χ2v) is 3.28. The van der Waals surface area contributed by atoms with Crippen LogP contribution >= 0.6 is 0 Å². The van der Waals surface area contributed by atoms with Gasteiger partial charge in [0, 0.05) is 6.04 Å². The third kappa shape index (κ3) is 6.32. The van der Waals surface area contributed by atoms with Crippen molar-refractivity contribution in [3.8, 4) is 0 Å². The van der Waals surface area contributed by atoms with E-state index in [0.717, 1.165) is 13.1 Å². The molecule has 0 saturated carbocycles. The number of hydrogen-bond donors (Lipinski definition) is 1. The van der Waals surface area contributed by atoms with E-state index in [4.69, 9.17) is 0 Å². The first-order chi connectivity index (χ1) is 5.18. The van der Waals surface area contributed by atoms with Gasteiger partial charge in [0.15, 0.2) is 0 Å². The fourth-order valence-electron chi connectivity index (χ4n) is 0.888. The van der Waals surface area contributed by atoms with Gasteiger partial charge in [-0.05, 0) is 47.0 Å². The molecule has 1 N–H and O–H groups in total. The Labute approximate surface area is 71.0 Å². The molecule has 0 bridgehead atoms. The fraction of sp³-hybridized carbons (Fsp3) is 1.00. The largest absolute Gasteiger partial charge is 0.317 e. The highest BCUT2D eigenvalue weighted by atomic mass is 15.1. The highest BCUT2D eigenvalue weighted by Crippen LogP contribution is 1.93. The molecule has 0 spiro atoms. The smallest absolute Gasteiger partial charge is 0.00355 e. The maximum absolute atomic E-state index is 3.32. The van der Waals surface area contributed by atoms with Crippen LogP contribution in [0.2, 0.25) is 0 Å². The first-order valence-corrected chi connectivity index (χ1v) is 4.59. The molecule has 0 radical (unpaired) electrons. The normalized spacial score (nSPS) is 11.5. The quantitative estimate of drug-likeness (QED) is 0.587. The highest BCUT2D eigenvalue weighted by molar-refractivity contribution is 4.57. The molecule has 0 rings (SSSR count). The summed E-state index contributed by atoms with van der Waals surface area (Å²) in [6, 6.07) is 0.677. The molecule has 2 nitrogen and oxygen atoms in total.